The van der Waals surface area contributed by atoms with Crippen LogP contribution in [0.3, 0.4) is 0 Å². The molecule has 2 heterocycles. The molecule has 0 unspecified atom stereocenters. The van der Waals surface area contributed by atoms with Crippen LogP contribution in [0.15, 0.2) is 29.2 Å². The first kappa shape index (κ1) is 19.3. The Balaban J connectivity index is 1.75. The highest BCUT2D eigenvalue weighted by Gasteiger charge is 2.42. The van der Waals surface area contributed by atoms with Gasteiger partial charge in [-0.3, -0.25) is 4.79 Å². The van der Waals surface area contributed by atoms with Gasteiger partial charge < -0.3 is 14.8 Å². The highest BCUT2D eigenvalue weighted by atomic mass is 32.2. The zero-order valence-corrected chi connectivity index (χ0v) is 16.3. The molecule has 0 saturated carbocycles. The number of carbonyl (C=O) groups is 1. The second kappa shape index (κ2) is 6.92. The Morgan fingerprint density at radius 1 is 1.15 bits per heavy atom. The molecule has 0 aromatic heterocycles. The maximum absolute atomic E-state index is 13.0. The number of nitrogens with one attached hydrogen (secondary N) is 1. The molecule has 1 aromatic carbocycles. The molecule has 1 aromatic rings. The summed E-state index contributed by atoms with van der Waals surface area (Å²) >= 11 is 0. The molecule has 3 rings (SSSR count). The van der Waals surface area contributed by atoms with E-state index in [0.29, 0.717) is 44.7 Å². The first-order valence-corrected chi connectivity index (χ1v) is 10.3. The van der Waals surface area contributed by atoms with E-state index in [9.17, 15) is 13.2 Å². The lowest BCUT2D eigenvalue weighted by Gasteiger charge is -2.36. The van der Waals surface area contributed by atoms with Crippen LogP contribution >= 0.6 is 0 Å². The molecule has 8 heteroatoms. The smallest absolute Gasteiger partial charge is 0.251 e. The maximum atomic E-state index is 13.0. The van der Waals surface area contributed by atoms with Crippen LogP contribution < -0.4 is 5.32 Å². The summed E-state index contributed by atoms with van der Waals surface area (Å²) in [5.41, 5.74) is -0.0639. The summed E-state index contributed by atoms with van der Waals surface area (Å²) < 4.78 is 38.7. The topological polar surface area (TPSA) is 84.9 Å². The summed E-state index contributed by atoms with van der Waals surface area (Å²) in [4.78, 5) is 12.5. The fourth-order valence-electron chi connectivity index (χ4n) is 3.21. The highest BCUT2D eigenvalue weighted by molar-refractivity contribution is 7.89. The van der Waals surface area contributed by atoms with Crippen molar-refractivity contribution in [1.82, 2.24) is 9.62 Å². The van der Waals surface area contributed by atoms with E-state index >= 15 is 0 Å². The van der Waals surface area contributed by atoms with Crippen molar-refractivity contribution in [3.05, 3.63) is 29.8 Å². The number of piperidine rings is 1. The van der Waals surface area contributed by atoms with E-state index in [2.05, 4.69) is 5.32 Å². The van der Waals surface area contributed by atoms with Crippen LogP contribution in [0.1, 0.15) is 44.0 Å². The first-order chi connectivity index (χ1) is 12.1. The predicted octanol–water partition coefficient (Wildman–Crippen LogP) is 1.74. The third-order valence-corrected chi connectivity index (χ3v) is 6.41. The minimum atomic E-state index is -3.67. The van der Waals surface area contributed by atoms with E-state index < -0.39 is 21.3 Å². The van der Waals surface area contributed by atoms with Gasteiger partial charge in [-0.05, 0) is 39.0 Å². The Kier molecular flexibility index (Phi) is 5.13. The summed E-state index contributed by atoms with van der Waals surface area (Å²) in [6.45, 7) is 7.41. The molecule has 144 valence electrons. The average molecular weight is 382 g/mol. The van der Waals surface area contributed by atoms with E-state index in [0.717, 1.165) is 0 Å². The number of hydrogen-bond acceptors (Lipinski definition) is 5. The molecular weight excluding hydrogens is 356 g/mol. The average Bonchev–Trinajstić information content (AvgIpc) is 3.02. The van der Waals surface area contributed by atoms with Gasteiger partial charge in [-0.1, -0.05) is 6.07 Å². The van der Waals surface area contributed by atoms with Crippen LogP contribution in [-0.4, -0.2) is 56.3 Å². The van der Waals surface area contributed by atoms with Gasteiger partial charge in [-0.25, -0.2) is 8.42 Å². The lowest BCUT2D eigenvalue weighted by Crippen LogP contribution is -2.47. The number of carbonyl (C=O) groups excluding carboxylic acids is 1. The molecule has 7 nitrogen and oxygen atoms in total. The molecular formula is C18H26N2O5S. The van der Waals surface area contributed by atoms with Gasteiger partial charge >= 0.3 is 0 Å². The number of sulfonamides is 1. The van der Waals surface area contributed by atoms with Crippen molar-refractivity contribution in [1.29, 1.82) is 0 Å². The fourth-order valence-corrected chi connectivity index (χ4v) is 4.70. The first-order valence-electron chi connectivity index (χ1n) is 8.82. The van der Waals surface area contributed by atoms with Gasteiger partial charge in [0.2, 0.25) is 10.0 Å². The van der Waals surface area contributed by atoms with Crippen molar-refractivity contribution in [2.45, 2.75) is 49.8 Å². The number of ether oxygens (including phenoxy) is 2. The van der Waals surface area contributed by atoms with Crippen LogP contribution in [0.2, 0.25) is 0 Å². The minimum absolute atomic E-state index is 0.128. The van der Waals surface area contributed by atoms with Crippen LogP contribution in [-0.2, 0) is 19.5 Å². The van der Waals surface area contributed by atoms with Gasteiger partial charge in [-0.2, -0.15) is 4.31 Å². The molecule has 26 heavy (non-hydrogen) atoms. The summed E-state index contributed by atoms with van der Waals surface area (Å²) in [5, 5.41) is 2.85. The van der Waals surface area contributed by atoms with Crippen molar-refractivity contribution in [2.75, 3.05) is 26.3 Å². The van der Waals surface area contributed by atoms with Crippen molar-refractivity contribution in [2.24, 2.45) is 0 Å². The maximum Gasteiger partial charge on any atom is 0.251 e. The standard InChI is InChI=1S/C18H26N2O5S/c1-17(2,3)19-16(21)14-5-4-6-15(13-14)26(22,23)20-9-7-18(8-10-20)24-11-12-25-18/h4-6,13H,7-12H2,1-3H3,(H,19,21). The monoisotopic (exact) mass is 382 g/mol. The molecule has 2 saturated heterocycles. The van der Waals surface area contributed by atoms with Crippen molar-refractivity contribution in [3.8, 4) is 0 Å². The highest BCUT2D eigenvalue weighted by Crippen LogP contribution is 2.33. The Morgan fingerprint density at radius 2 is 1.77 bits per heavy atom. The molecule has 1 amide bonds. The van der Waals surface area contributed by atoms with E-state index in [-0.39, 0.29) is 10.8 Å². The van der Waals surface area contributed by atoms with Gasteiger partial charge in [0.1, 0.15) is 0 Å². The van der Waals surface area contributed by atoms with Gasteiger partial charge in [0.25, 0.3) is 5.91 Å². The second-order valence-corrected chi connectivity index (χ2v) is 9.68. The number of rotatable bonds is 3. The van der Waals surface area contributed by atoms with E-state index in [1.165, 1.54) is 16.4 Å². The second-order valence-electron chi connectivity index (χ2n) is 7.74. The minimum Gasteiger partial charge on any atom is -0.347 e. The summed E-state index contributed by atoms with van der Waals surface area (Å²) in [6.07, 6.45) is 1.02. The van der Waals surface area contributed by atoms with Crippen molar-refractivity contribution in [3.63, 3.8) is 0 Å². The van der Waals surface area contributed by atoms with Crippen molar-refractivity contribution >= 4 is 15.9 Å². The summed E-state index contributed by atoms with van der Waals surface area (Å²) in [6, 6.07) is 6.17. The lowest BCUT2D eigenvalue weighted by atomic mass is 10.1. The Morgan fingerprint density at radius 3 is 2.35 bits per heavy atom. The molecule has 2 aliphatic rings. The van der Waals surface area contributed by atoms with E-state index in [1.807, 2.05) is 20.8 Å². The summed E-state index contributed by atoms with van der Waals surface area (Å²) in [7, 11) is -3.67. The number of amides is 1. The number of nitrogens with zero attached hydrogens (tertiary/aromatic N) is 1. The number of hydrogen-bond donors (Lipinski definition) is 1. The van der Waals surface area contributed by atoms with Gasteiger partial charge in [0, 0.05) is 37.0 Å². The molecule has 2 fully saturated rings. The predicted molar refractivity (Wildman–Crippen MR) is 96.3 cm³/mol. The molecule has 0 bridgehead atoms. The van der Waals surface area contributed by atoms with Crippen LogP contribution in [0.5, 0.6) is 0 Å². The molecule has 2 aliphatic heterocycles. The number of benzene rings is 1. The molecule has 1 N–H and O–H groups in total. The molecule has 0 aliphatic carbocycles. The van der Waals surface area contributed by atoms with Crippen LogP contribution in [0, 0.1) is 0 Å². The van der Waals surface area contributed by atoms with Crippen LogP contribution in [0.25, 0.3) is 0 Å². The largest absolute Gasteiger partial charge is 0.347 e. The zero-order valence-electron chi connectivity index (χ0n) is 15.4. The third-order valence-electron chi connectivity index (χ3n) is 4.52. The molecule has 0 atom stereocenters. The Bertz CT molecular complexity index is 769. The van der Waals surface area contributed by atoms with E-state index in [1.54, 1.807) is 12.1 Å². The van der Waals surface area contributed by atoms with Gasteiger partial charge in [0.05, 0.1) is 18.1 Å². The third kappa shape index (κ3) is 4.09. The van der Waals surface area contributed by atoms with Gasteiger partial charge in [-0.15, -0.1) is 0 Å². The zero-order chi connectivity index (χ0) is 19.0. The van der Waals surface area contributed by atoms with Crippen LogP contribution in [0.4, 0.5) is 0 Å². The molecule has 1 spiro atoms. The Labute approximate surface area is 154 Å². The van der Waals surface area contributed by atoms with E-state index in [4.69, 9.17) is 9.47 Å². The molecule has 0 radical (unpaired) electrons. The SMILES string of the molecule is CC(C)(C)NC(=O)c1cccc(S(=O)(=O)N2CCC3(CC2)OCCO3)c1. The quantitative estimate of drug-likeness (QED) is 0.861. The fraction of sp³-hybridized carbons (Fsp3) is 0.611. The normalized spacial score (nSPS) is 21.0. The summed E-state index contributed by atoms with van der Waals surface area (Å²) in [5.74, 6) is -0.916. The van der Waals surface area contributed by atoms with Gasteiger partial charge in [0.15, 0.2) is 5.79 Å². The Hall–Kier alpha value is -1.48. The lowest BCUT2D eigenvalue weighted by molar-refractivity contribution is -0.179. The van der Waals surface area contributed by atoms with Crippen molar-refractivity contribution < 1.29 is 22.7 Å².